The van der Waals surface area contributed by atoms with Gasteiger partial charge in [-0.25, -0.2) is 0 Å². The number of allylic oxidation sites excluding steroid dienone is 4. The molecule has 132 valence electrons. The van der Waals surface area contributed by atoms with E-state index in [2.05, 4.69) is 111 Å². The summed E-state index contributed by atoms with van der Waals surface area (Å²) in [7, 11) is 0. The van der Waals surface area contributed by atoms with Crippen molar-refractivity contribution in [1.82, 2.24) is 0 Å². The van der Waals surface area contributed by atoms with Crippen LogP contribution in [-0.2, 0) is 5.41 Å². The highest BCUT2D eigenvalue weighted by atomic mass is 14.6. The van der Waals surface area contributed by atoms with Gasteiger partial charge in [-0.15, -0.1) is 0 Å². The van der Waals surface area contributed by atoms with Crippen LogP contribution >= 0.6 is 0 Å². The van der Waals surface area contributed by atoms with Crippen LogP contribution in [0.2, 0.25) is 0 Å². The molecule has 0 heteroatoms. The van der Waals surface area contributed by atoms with Crippen molar-refractivity contribution < 1.29 is 0 Å². The van der Waals surface area contributed by atoms with E-state index in [9.17, 15) is 0 Å². The lowest BCUT2D eigenvalue weighted by Crippen LogP contribution is -2.43. The van der Waals surface area contributed by atoms with Crippen molar-refractivity contribution in [3.8, 4) is 11.1 Å². The molecule has 2 unspecified atom stereocenters. The first kappa shape index (κ1) is 16.3. The maximum absolute atomic E-state index is 2.42. The Bertz CT molecular complexity index is 1070. The highest BCUT2D eigenvalue weighted by Gasteiger charge is 2.55. The molecule has 0 amide bonds. The molecule has 2 atom stereocenters. The average molecular weight is 348 g/mol. The first-order chi connectivity index (χ1) is 13.2. The zero-order chi connectivity index (χ0) is 18.5. The predicted molar refractivity (Wildman–Crippen MR) is 114 cm³/mol. The smallest absolute Gasteiger partial charge is 0.0554 e. The van der Waals surface area contributed by atoms with E-state index in [1.54, 1.807) is 0 Å². The maximum Gasteiger partial charge on any atom is 0.0554 e. The van der Waals surface area contributed by atoms with Crippen LogP contribution in [0.4, 0.5) is 0 Å². The summed E-state index contributed by atoms with van der Waals surface area (Å²) < 4.78 is 0. The molecule has 0 radical (unpaired) electrons. The molecule has 0 spiro atoms. The first-order valence-electron chi connectivity index (χ1n) is 9.78. The summed E-state index contributed by atoms with van der Waals surface area (Å²) >= 11 is 0. The summed E-state index contributed by atoms with van der Waals surface area (Å²) in [6, 6.07) is 26.9. The molecule has 5 rings (SSSR count). The SMILES string of the molecule is Cc1cccc2c1-c1ccccc1C2(c1ccccc1)C1(C)C=CC=CC1. The lowest BCUT2D eigenvalue weighted by atomic mass is 9.54. The normalized spacial score (nSPS) is 25.3. The second-order valence-electron chi connectivity index (χ2n) is 8.07. The van der Waals surface area contributed by atoms with Crippen LogP contribution in [-0.4, -0.2) is 0 Å². The molecule has 0 aromatic heterocycles. The van der Waals surface area contributed by atoms with Crippen molar-refractivity contribution >= 4 is 0 Å². The molecule has 0 nitrogen and oxygen atoms in total. The molecule has 3 aromatic rings. The summed E-state index contributed by atoms with van der Waals surface area (Å²) in [6.07, 6.45) is 10.2. The summed E-state index contributed by atoms with van der Waals surface area (Å²) in [5, 5.41) is 0. The highest BCUT2D eigenvalue weighted by Crippen LogP contribution is 2.63. The van der Waals surface area contributed by atoms with Gasteiger partial charge in [0.05, 0.1) is 5.41 Å². The second kappa shape index (κ2) is 5.82. The van der Waals surface area contributed by atoms with Crippen LogP contribution in [0.1, 0.15) is 35.6 Å². The van der Waals surface area contributed by atoms with Gasteiger partial charge < -0.3 is 0 Å². The molecule has 0 saturated carbocycles. The van der Waals surface area contributed by atoms with E-state index in [0.29, 0.717) is 0 Å². The minimum Gasteiger partial charge on any atom is -0.0836 e. The van der Waals surface area contributed by atoms with E-state index in [4.69, 9.17) is 0 Å². The van der Waals surface area contributed by atoms with Crippen LogP contribution in [0.5, 0.6) is 0 Å². The molecule has 27 heavy (non-hydrogen) atoms. The summed E-state index contributed by atoms with van der Waals surface area (Å²) in [5.74, 6) is 0. The predicted octanol–water partition coefficient (Wildman–Crippen LogP) is 6.83. The molecule has 0 N–H and O–H groups in total. The Morgan fingerprint density at radius 3 is 2.26 bits per heavy atom. The lowest BCUT2D eigenvalue weighted by molar-refractivity contribution is 0.293. The Balaban J connectivity index is 1.97. The van der Waals surface area contributed by atoms with Gasteiger partial charge in [-0.1, -0.05) is 104 Å². The molecule has 2 aliphatic rings. The van der Waals surface area contributed by atoms with E-state index in [1.807, 2.05) is 0 Å². The van der Waals surface area contributed by atoms with Gasteiger partial charge in [0.25, 0.3) is 0 Å². The standard InChI is InChI=1S/C27H24/c1-20-12-11-17-24-25(20)22-15-7-8-16-23(22)27(24,21-13-5-3-6-14-21)26(2)18-9-4-10-19-26/h3-18H,19H2,1-2H3. The van der Waals surface area contributed by atoms with Crippen molar-refractivity contribution in [2.75, 3.05) is 0 Å². The van der Waals surface area contributed by atoms with Crippen molar-refractivity contribution in [1.29, 1.82) is 0 Å². The third-order valence-electron chi connectivity index (χ3n) is 6.59. The number of benzene rings is 3. The largest absolute Gasteiger partial charge is 0.0836 e. The van der Waals surface area contributed by atoms with E-state index >= 15 is 0 Å². The quantitative estimate of drug-likeness (QED) is 0.476. The number of hydrogen-bond donors (Lipinski definition) is 0. The third kappa shape index (κ3) is 2.04. The van der Waals surface area contributed by atoms with Gasteiger partial charge in [0.15, 0.2) is 0 Å². The molecular weight excluding hydrogens is 324 g/mol. The topological polar surface area (TPSA) is 0 Å². The molecule has 0 saturated heterocycles. The Morgan fingerprint density at radius 1 is 0.741 bits per heavy atom. The highest BCUT2D eigenvalue weighted by molar-refractivity contribution is 5.86. The summed E-state index contributed by atoms with van der Waals surface area (Å²) in [5.41, 5.74) is 8.20. The molecule has 0 aliphatic heterocycles. The molecule has 0 fully saturated rings. The van der Waals surface area contributed by atoms with E-state index in [-0.39, 0.29) is 10.8 Å². The maximum atomic E-state index is 2.42. The molecule has 0 bridgehead atoms. The van der Waals surface area contributed by atoms with Gasteiger partial charge in [0.1, 0.15) is 0 Å². The van der Waals surface area contributed by atoms with Crippen LogP contribution in [0.15, 0.2) is 97.1 Å². The van der Waals surface area contributed by atoms with Gasteiger partial charge in [0, 0.05) is 5.41 Å². The molecular formula is C27H24. The second-order valence-corrected chi connectivity index (χ2v) is 8.07. The van der Waals surface area contributed by atoms with Crippen molar-refractivity contribution in [2.45, 2.75) is 25.7 Å². The first-order valence-corrected chi connectivity index (χ1v) is 9.78. The van der Waals surface area contributed by atoms with Gasteiger partial charge in [-0.3, -0.25) is 0 Å². The van der Waals surface area contributed by atoms with Crippen LogP contribution in [0.3, 0.4) is 0 Å². The van der Waals surface area contributed by atoms with Crippen LogP contribution in [0, 0.1) is 12.3 Å². The van der Waals surface area contributed by atoms with Gasteiger partial charge >= 0.3 is 0 Å². The minimum absolute atomic E-state index is 0.0295. The number of fused-ring (bicyclic) bond motifs is 3. The third-order valence-corrected chi connectivity index (χ3v) is 6.59. The molecule has 0 heterocycles. The fourth-order valence-corrected chi connectivity index (χ4v) is 5.46. The minimum atomic E-state index is -0.187. The monoisotopic (exact) mass is 348 g/mol. The fourth-order valence-electron chi connectivity index (χ4n) is 5.46. The van der Waals surface area contributed by atoms with E-state index in [0.717, 1.165) is 6.42 Å². The van der Waals surface area contributed by atoms with Crippen molar-refractivity contribution in [2.24, 2.45) is 5.41 Å². The zero-order valence-electron chi connectivity index (χ0n) is 15.9. The fraction of sp³-hybridized carbons (Fsp3) is 0.185. The van der Waals surface area contributed by atoms with Crippen molar-refractivity contribution in [3.63, 3.8) is 0 Å². The van der Waals surface area contributed by atoms with Crippen LogP contribution in [0.25, 0.3) is 11.1 Å². The number of aryl methyl sites for hydroxylation is 1. The summed E-state index contributed by atoms with van der Waals surface area (Å²) in [6.45, 7) is 4.67. The Morgan fingerprint density at radius 2 is 1.48 bits per heavy atom. The lowest BCUT2D eigenvalue weighted by Gasteiger charge is -2.47. The van der Waals surface area contributed by atoms with Crippen LogP contribution < -0.4 is 0 Å². The summed E-state index contributed by atoms with van der Waals surface area (Å²) in [4.78, 5) is 0. The number of hydrogen-bond acceptors (Lipinski definition) is 0. The zero-order valence-corrected chi connectivity index (χ0v) is 15.9. The van der Waals surface area contributed by atoms with Crippen molar-refractivity contribution in [3.05, 3.63) is 119 Å². The Kier molecular flexibility index (Phi) is 3.52. The van der Waals surface area contributed by atoms with Gasteiger partial charge in [-0.05, 0) is 46.7 Å². The average Bonchev–Trinajstić information content (AvgIpc) is 3.02. The Labute approximate surface area is 161 Å². The van der Waals surface area contributed by atoms with Gasteiger partial charge in [0.2, 0.25) is 0 Å². The van der Waals surface area contributed by atoms with E-state index in [1.165, 1.54) is 33.4 Å². The Hall–Kier alpha value is -2.86. The molecule has 2 aliphatic carbocycles. The molecule has 3 aromatic carbocycles. The number of rotatable bonds is 2. The van der Waals surface area contributed by atoms with Gasteiger partial charge in [-0.2, -0.15) is 0 Å². The van der Waals surface area contributed by atoms with E-state index < -0.39 is 0 Å².